The van der Waals surface area contributed by atoms with Gasteiger partial charge in [-0.05, 0) is 30.2 Å². The first-order valence-electron chi connectivity index (χ1n) is 6.20. The number of rotatable bonds is 7. The molecule has 0 aliphatic heterocycles. The Kier molecular flexibility index (Phi) is 6.15. The van der Waals surface area contributed by atoms with Crippen molar-refractivity contribution in [3.63, 3.8) is 0 Å². The van der Waals surface area contributed by atoms with Crippen molar-refractivity contribution in [2.24, 2.45) is 5.92 Å². The molecule has 0 aliphatic carbocycles. The molecule has 1 rings (SSSR count). The summed E-state index contributed by atoms with van der Waals surface area (Å²) in [6, 6.07) is 3.76. The van der Waals surface area contributed by atoms with Gasteiger partial charge in [0.05, 0.1) is 6.10 Å². The fraction of sp³-hybridized carbons (Fsp3) is 0.615. The fourth-order valence-electron chi connectivity index (χ4n) is 1.62. The maximum atomic E-state index is 11.1. The molecule has 0 spiro atoms. The Bertz CT molecular complexity index is 351. The highest BCUT2D eigenvalue weighted by Crippen LogP contribution is 2.21. The van der Waals surface area contributed by atoms with E-state index >= 15 is 0 Å². The van der Waals surface area contributed by atoms with Crippen LogP contribution in [0.3, 0.4) is 0 Å². The van der Waals surface area contributed by atoms with Gasteiger partial charge >= 0.3 is 6.09 Å². The highest BCUT2D eigenvalue weighted by molar-refractivity contribution is 7.10. The number of amides is 1. The first-order chi connectivity index (χ1) is 8.50. The molecule has 1 aromatic rings. The van der Waals surface area contributed by atoms with Crippen LogP contribution in [0, 0.1) is 5.92 Å². The lowest BCUT2D eigenvalue weighted by Gasteiger charge is -2.21. The molecule has 18 heavy (non-hydrogen) atoms. The Morgan fingerprint density at radius 3 is 2.56 bits per heavy atom. The van der Waals surface area contributed by atoms with E-state index in [9.17, 15) is 9.90 Å². The van der Waals surface area contributed by atoms with E-state index in [2.05, 4.69) is 13.8 Å². The summed E-state index contributed by atoms with van der Waals surface area (Å²) in [6.45, 7) is 5.05. The van der Waals surface area contributed by atoms with E-state index in [0.717, 1.165) is 11.3 Å². The van der Waals surface area contributed by atoms with Crippen molar-refractivity contribution in [1.82, 2.24) is 4.90 Å². The van der Waals surface area contributed by atoms with Gasteiger partial charge in [0.25, 0.3) is 0 Å². The lowest BCUT2D eigenvalue weighted by atomic mass is 10.1. The minimum Gasteiger partial charge on any atom is -0.465 e. The van der Waals surface area contributed by atoms with Crippen molar-refractivity contribution in [3.8, 4) is 0 Å². The van der Waals surface area contributed by atoms with Crippen LogP contribution in [0.5, 0.6) is 0 Å². The normalized spacial score (nSPS) is 12.7. The molecule has 0 saturated carbocycles. The van der Waals surface area contributed by atoms with E-state index in [-0.39, 0.29) is 0 Å². The number of aliphatic hydroxyl groups excluding tert-OH is 1. The summed E-state index contributed by atoms with van der Waals surface area (Å²) in [6.07, 6.45) is -0.174. The minimum atomic E-state index is -0.908. The summed E-state index contributed by atoms with van der Waals surface area (Å²) in [5.41, 5.74) is 0. The van der Waals surface area contributed by atoms with Crippen molar-refractivity contribution in [2.75, 3.05) is 13.1 Å². The molecule has 5 heteroatoms. The lowest BCUT2D eigenvalue weighted by molar-refractivity contribution is 0.120. The van der Waals surface area contributed by atoms with Crippen molar-refractivity contribution >= 4 is 17.4 Å². The highest BCUT2D eigenvalue weighted by Gasteiger charge is 2.15. The highest BCUT2D eigenvalue weighted by atomic mass is 32.1. The SMILES string of the molecule is CC(C)CCN(CC[C@H](O)c1cccs1)C(=O)O. The molecule has 1 aromatic heterocycles. The smallest absolute Gasteiger partial charge is 0.407 e. The van der Waals surface area contributed by atoms with Crippen molar-refractivity contribution in [3.05, 3.63) is 22.4 Å². The predicted octanol–water partition coefficient (Wildman–Crippen LogP) is 3.20. The van der Waals surface area contributed by atoms with Gasteiger partial charge < -0.3 is 15.1 Å². The van der Waals surface area contributed by atoms with Crippen LogP contribution < -0.4 is 0 Å². The van der Waals surface area contributed by atoms with Crippen LogP contribution in [0.25, 0.3) is 0 Å². The third-order valence-electron chi connectivity index (χ3n) is 2.79. The number of hydrogen-bond donors (Lipinski definition) is 2. The van der Waals surface area contributed by atoms with Crippen LogP contribution in [0.2, 0.25) is 0 Å². The van der Waals surface area contributed by atoms with Gasteiger partial charge in [0.15, 0.2) is 0 Å². The van der Waals surface area contributed by atoms with E-state index < -0.39 is 12.2 Å². The van der Waals surface area contributed by atoms with E-state index in [1.165, 1.54) is 16.2 Å². The van der Waals surface area contributed by atoms with Crippen LogP contribution in [0.1, 0.15) is 37.7 Å². The fourth-order valence-corrected chi connectivity index (χ4v) is 2.36. The second kappa shape index (κ2) is 7.38. The largest absolute Gasteiger partial charge is 0.465 e. The molecule has 0 bridgehead atoms. The predicted molar refractivity (Wildman–Crippen MR) is 72.9 cm³/mol. The Hall–Kier alpha value is -1.07. The maximum Gasteiger partial charge on any atom is 0.407 e. The molecule has 1 heterocycles. The van der Waals surface area contributed by atoms with Gasteiger partial charge in [-0.1, -0.05) is 19.9 Å². The molecule has 1 atom stereocenters. The quantitative estimate of drug-likeness (QED) is 0.800. The summed E-state index contributed by atoms with van der Waals surface area (Å²) in [5, 5.41) is 20.9. The topological polar surface area (TPSA) is 60.8 Å². The molecule has 0 unspecified atom stereocenters. The monoisotopic (exact) mass is 271 g/mol. The maximum absolute atomic E-state index is 11.1. The molecule has 0 aliphatic rings. The summed E-state index contributed by atoms with van der Waals surface area (Å²) < 4.78 is 0. The average molecular weight is 271 g/mol. The molecular weight excluding hydrogens is 250 g/mol. The van der Waals surface area contributed by atoms with Gasteiger partial charge in [-0.25, -0.2) is 4.79 Å². The van der Waals surface area contributed by atoms with Crippen LogP contribution in [-0.2, 0) is 0 Å². The molecule has 102 valence electrons. The van der Waals surface area contributed by atoms with E-state index in [0.29, 0.717) is 25.4 Å². The standard InChI is InChI=1S/C13H21NO3S/c1-10(2)5-7-14(13(16)17)8-6-11(15)12-4-3-9-18-12/h3-4,9-11,15H,5-8H2,1-2H3,(H,16,17)/t11-/m0/s1. The number of carboxylic acid groups (broad SMARTS) is 1. The first-order valence-corrected chi connectivity index (χ1v) is 7.08. The van der Waals surface area contributed by atoms with Crippen molar-refractivity contribution in [1.29, 1.82) is 0 Å². The second-order valence-corrected chi connectivity index (χ2v) is 5.75. The molecule has 2 N–H and O–H groups in total. The zero-order valence-electron chi connectivity index (χ0n) is 10.9. The molecule has 0 fully saturated rings. The van der Waals surface area contributed by atoms with Crippen LogP contribution in [0.4, 0.5) is 4.79 Å². The van der Waals surface area contributed by atoms with Gasteiger partial charge in [0, 0.05) is 18.0 Å². The van der Waals surface area contributed by atoms with E-state index in [1.807, 2.05) is 17.5 Å². The van der Waals surface area contributed by atoms with Crippen LogP contribution >= 0.6 is 11.3 Å². The number of aliphatic hydroxyl groups is 1. The molecule has 1 amide bonds. The Balaban J connectivity index is 2.39. The number of hydrogen-bond acceptors (Lipinski definition) is 3. The van der Waals surface area contributed by atoms with Gasteiger partial charge in [-0.3, -0.25) is 0 Å². The van der Waals surface area contributed by atoms with Crippen molar-refractivity contribution in [2.45, 2.75) is 32.8 Å². The molecular formula is C13H21NO3S. The number of thiophene rings is 1. The average Bonchev–Trinajstić information content (AvgIpc) is 2.81. The Morgan fingerprint density at radius 1 is 1.39 bits per heavy atom. The summed E-state index contributed by atoms with van der Waals surface area (Å²) >= 11 is 1.49. The zero-order valence-corrected chi connectivity index (χ0v) is 11.7. The minimum absolute atomic E-state index is 0.376. The molecule has 0 aromatic carbocycles. The summed E-state index contributed by atoms with van der Waals surface area (Å²) in [5.74, 6) is 0.481. The molecule has 0 radical (unpaired) electrons. The van der Waals surface area contributed by atoms with Crippen molar-refractivity contribution < 1.29 is 15.0 Å². The number of carbonyl (C=O) groups is 1. The Morgan fingerprint density at radius 2 is 2.06 bits per heavy atom. The molecule has 0 saturated heterocycles. The van der Waals surface area contributed by atoms with Gasteiger partial charge in [-0.2, -0.15) is 0 Å². The summed E-state index contributed by atoms with van der Waals surface area (Å²) in [7, 11) is 0. The van der Waals surface area contributed by atoms with Gasteiger partial charge in [-0.15, -0.1) is 11.3 Å². The zero-order chi connectivity index (χ0) is 13.5. The number of nitrogens with zero attached hydrogens (tertiary/aromatic N) is 1. The van der Waals surface area contributed by atoms with Crippen LogP contribution in [-0.4, -0.2) is 34.3 Å². The first kappa shape index (κ1) is 15.0. The Labute approximate surface area is 112 Å². The summed E-state index contributed by atoms with van der Waals surface area (Å²) in [4.78, 5) is 13.3. The lowest BCUT2D eigenvalue weighted by Crippen LogP contribution is -2.32. The van der Waals surface area contributed by atoms with E-state index in [4.69, 9.17) is 5.11 Å². The molecule has 4 nitrogen and oxygen atoms in total. The van der Waals surface area contributed by atoms with Gasteiger partial charge in [0.1, 0.15) is 0 Å². The van der Waals surface area contributed by atoms with Crippen LogP contribution in [0.15, 0.2) is 17.5 Å². The van der Waals surface area contributed by atoms with E-state index in [1.54, 1.807) is 0 Å². The second-order valence-electron chi connectivity index (χ2n) is 4.77. The third kappa shape index (κ3) is 5.06. The van der Waals surface area contributed by atoms with Gasteiger partial charge in [0.2, 0.25) is 0 Å². The third-order valence-corrected chi connectivity index (χ3v) is 3.76.